The van der Waals surface area contributed by atoms with Gasteiger partial charge in [-0.1, -0.05) is 30.3 Å². The number of benzene rings is 2. The molecule has 5 heteroatoms. The van der Waals surface area contributed by atoms with Crippen LogP contribution in [0.3, 0.4) is 0 Å². The van der Waals surface area contributed by atoms with E-state index in [2.05, 4.69) is 9.35 Å². The van der Waals surface area contributed by atoms with E-state index >= 15 is 0 Å². The van der Waals surface area contributed by atoms with Crippen molar-refractivity contribution in [1.29, 1.82) is 0 Å². The molecule has 0 spiro atoms. The Morgan fingerprint density at radius 2 is 1.82 bits per heavy atom. The Labute approximate surface area is 130 Å². The Hall–Kier alpha value is -2.40. The molecule has 0 saturated heterocycles. The standard InChI is InChI=1S/C17H16N2O2S/c1-21-15-10-3-4-11-16(15)22(2,20)19-14-9-5-7-13-8-6-12-18-17(13)14/h3-12H,1-2H3/t22-/m1/s1. The van der Waals surface area contributed by atoms with Crippen LogP contribution in [-0.2, 0) is 9.73 Å². The summed E-state index contributed by atoms with van der Waals surface area (Å²) in [7, 11) is -1.07. The molecule has 0 aliphatic carbocycles. The zero-order valence-electron chi connectivity index (χ0n) is 12.4. The number of nitrogens with zero attached hydrogens (tertiary/aromatic N) is 2. The number of fused-ring (bicyclic) bond motifs is 1. The van der Waals surface area contributed by atoms with Crippen molar-refractivity contribution >= 4 is 26.3 Å². The molecular weight excluding hydrogens is 296 g/mol. The van der Waals surface area contributed by atoms with Gasteiger partial charge in [0.15, 0.2) is 0 Å². The van der Waals surface area contributed by atoms with E-state index in [1.165, 1.54) is 0 Å². The van der Waals surface area contributed by atoms with Gasteiger partial charge >= 0.3 is 0 Å². The molecule has 3 aromatic rings. The lowest BCUT2D eigenvalue weighted by Crippen LogP contribution is -2.00. The molecule has 0 N–H and O–H groups in total. The predicted molar refractivity (Wildman–Crippen MR) is 89.2 cm³/mol. The van der Waals surface area contributed by atoms with Gasteiger partial charge in [-0.05, 0) is 24.3 Å². The Morgan fingerprint density at radius 1 is 1.05 bits per heavy atom. The van der Waals surface area contributed by atoms with Crippen molar-refractivity contribution in [2.75, 3.05) is 13.4 Å². The number of hydrogen-bond donors (Lipinski definition) is 0. The van der Waals surface area contributed by atoms with E-state index < -0.39 is 9.73 Å². The molecular formula is C17H16N2O2S. The summed E-state index contributed by atoms with van der Waals surface area (Å²) >= 11 is 0. The highest BCUT2D eigenvalue weighted by Gasteiger charge is 2.13. The largest absolute Gasteiger partial charge is 0.495 e. The fraction of sp³-hybridized carbons (Fsp3) is 0.118. The molecule has 0 bridgehead atoms. The van der Waals surface area contributed by atoms with Gasteiger partial charge < -0.3 is 4.74 Å². The van der Waals surface area contributed by atoms with Crippen molar-refractivity contribution < 1.29 is 8.95 Å². The lowest BCUT2D eigenvalue weighted by atomic mass is 10.2. The monoisotopic (exact) mass is 312 g/mol. The molecule has 112 valence electrons. The molecule has 0 aliphatic rings. The van der Waals surface area contributed by atoms with Crippen molar-refractivity contribution in [3.8, 4) is 5.75 Å². The molecule has 4 nitrogen and oxygen atoms in total. The van der Waals surface area contributed by atoms with Crippen LogP contribution >= 0.6 is 0 Å². The van der Waals surface area contributed by atoms with E-state index in [4.69, 9.17) is 4.74 Å². The van der Waals surface area contributed by atoms with Gasteiger partial charge in [0.1, 0.15) is 5.75 Å². The van der Waals surface area contributed by atoms with Gasteiger partial charge in [0.2, 0.25) is 0 Å². The quantitative estimate of drug-likeness (QED) is 0.733. The Bertz CT molecular complexity index is 939. The highest BCUT2D eigenvalue weighted by atomic mass is 32.2. The third-order valence-electron chi connectivity index (χ3n) is 3.36. The summed E-state index contributed by atoms with van der Waals surface area (Å²) in [6.07, 6.45) is 3.33. The third kappa shape index (κ3) is 2.67. The van der Waals surface area contributed by atoms with Crippen LogP contribution in [0.5, 0.6) is 5.75 Å². The molecule has 0 saturated carbocycles. The Kier molecular flexibility index (Phi) is 3.81. The van der Waals surface area contributed by atoms with Crippen molar-refractivity contribution in [3.63, 3.8) is 0 Å². The minimum absolute atomic E-state index is 0.576. The van der Waals surface area contributed by atoms with Crippen molar-refractivity contribution in [2.24, 2.45) is 4.36 Å². The molecule has 1 heterocycles. The molecule has 0 unspecified atom stereocenters. The summed E-state index contributed by atoms with van der Waals surface area (Å²) < 4.78 is 22.9. The molecule has 1 atom stereocenters. The predicted octanol–water partition coefficient (Wildman–Crippen LogP) is 4.03. The minimum atomic E-state index is -2.64. The molecule has 0 radical (unpaired) electrons. The topological polar surface area (TPSA) is 51.5 Å². The summed E-state index contributed by atoms with van der Waals surface area (Å²) in [5, 5.41) is 0.971. The molecule has 0 fully saturated rings. The number of para-hydroxylation sites is 2. The number of methoxy groups -OCH3 is 1. The van der Waals surface area contributed by atoms with Crippen molar-refractivity contribution in [1.82, 2.24) is 4.98 Å². The average molecular weight is 312 g/mol. The maximum atomic E-state index is 13.1. The van der Waals surface area contributed by atoms with Gasteiger partial charge in [0.05, 0.1) is 32.9 Å². The van der Waals surface area contributed by atoms with Gasteiger partial charge in [-0.3, -0.25) is 4.98 Å². The van der Waals surface area contributed by atoms with E-state index in [9.17, 15) is 4.21 Å². The molecule has 0 amide bonds. The summed E-state index contributed by atoms with van der Waals surface area (Å²) in [4.78, 5) is 4.94. The first-order valence-electron chi connectivity index (χ1n) is 6.81. The first-order valence-corrected chi connectivity index (χ1v) is 8.73. The smallest absolute Gasteiger partial charge is 0.135 e. The first kappa shape index (κ1) is 14.5. The number of pyridine rings is 1. The van der Waals surface area contributed by atoms with E-state index in [0.29, 0.717) is 16.3 Å². The fourth-order valence-electron chi connectivity index (χ4n) is 2.33. The van der Waals surface area contributed by atoms with Gasteiger partial charge in [-0.15, -0.1) is 0 Å². The Balaban J connectivity index is 2.23. The third-order valence-corrected chi connectivity index (χ3v) is 5.06. The molecule has 3 rings (SSSR count). The van der Waals surface area contributed by atoms with Crippen LogP contribution in [0.1, 0.15) is 0 Å². The number of ether oxygens (including phenoxy) is 1. The van der Waals surface area contributed by atoms with Crippen LogP contribution in [0, 0.1) is 0 Å². The molecule has 22 heavy (non-hydrogen) atoms. The maximum absolute atomic E-state index is 13.1. The van der Waals surface area contributed by atoms with Crippen LogP contribution in [0.25, 0.3) is 10.9 Å². The van der Waals surface area contributed by atoms with Gasteiger partial charge in [-0.25, -0.2) is 4.21 Å². The summed E-state index contributed by atoms with van der Waals surface area (Å²) in [5.41, 5.74) is 1.37. The van der Waals surface area contributed by atoms with Crippen molar-refractivity contribution in [2.45, 2.75) is 4.90 Å². The van der Waals surface area contributed by atoms with Gasteiger partial charge in [0, 0.05) is 17.8 Å². The zero-order valence-corrected chi connectivity index (χ0v) is 13.2. The highest BCUT2D eigenvalue weighted by molar-refractivity contribution is 7.93. The number of hydrogen-bond acceptors (Lipinski definition) is 4. The summed E-state index contributed by atoms with van der Waals surface area (Å²) in [6.45, 7) is 0. The summed E-state index contributed by atoms with van der Waals surface area (Å²) in [6, 6.07) is 16.8. The van der Waals surface area contributed by atoms with E-state index in [-0.39, 0.29) is 0 Å². The Morgan fingerprint density at radius 3 is 2.64 bits per heavy atom. The minimum Gasteiger partial charge on any atom is -0.495 e. The fourth-order valence-corrected chi connectivity index (χ4v) is 3.81. The van der Waals surface area contributed by atoms with Gasteiger partial charge in [-0.2, -0.15) is 4.36 Å². The van der Waals surface area contributed by atoms with E-state index in [1.54, 1.807) is 31.7 Å². The van der Waals surface area contributed by atoms with Crippen molar-refractivity contribution in [3.05, 3.63) is 60.8 Å². The van der Waals surface area contributed by atoms with Crippen LogP contribution in [0.15, 0.2) is 70.1 Å². The molecule has 1 aromatic heterocycles. The van der Waals surface area contributed by atoms with Crippen LogP contribution < -0.4 is 4.74 Å². The normalized spacial score (nSPS) is 13.5. The average Bonchev–Trinajstić information content (AvgIpc) is 2.55. The van der Waals surface area contributed by atoms with Crippen LogP contribution in [-0.4, -0.2) is 22.6 Å². The SMILES string of the molecule is COc1ccccc1[S@@](C)(=O)=Nc1cccc2cccnc12. The highest BCUT2D eigenvalue weighted by Crippen LogP contribution is 2.30. The van der Waals surface area contributed by atoms with E-state index in [1.807, 2.05) is 42.5 Å². The van der Waals surface area contributed by atoms with Crippen LogP contribution in [0.2, 0.25) is 0 Å². The second kappa shape index (κ2) is 5.77. The lowest BCUT2D eigenvalue weighted by molar-refractivity contribution is 0.404. The molecule has 0 aliphatic heterocycles. The summed E-state index contributed by atoms with van der Waals surface area (Å²) in [5.74, 6) is 0.576. The zero-order chi connectivity index (χ0) is 15.6. The first-order chi connectivity index (χ1) is 10.6. The van der Waals surface area contributed by atoms with Gasteiger partial charge in [0.25, 0.3) is 0 Å². The van der Waals surface area contributed by atoms with E-state index in [0.717, 1.165) is 10.9 Å². The number of rotatable bonds is 3. The maximum Gasteiger partial charge on any atom is 0.135 e. The number of aromatic nitrogens is 1. The molecule has 2 aromatic carbocycles. The second-order valence-electron chi connectivity index (χ2n) is 4.90. The van der Waals surface area contributed by atoms with Crippen LogP contribution in [0.4, 0.5) is 5.69 Å². The second-order valence-corrected chi connectivity index (χ2v) is 7.12. The lowest BCUT2D eigenvalue weighted by Gasteiger charge is -2.10.